The molecule has 1 aliphatic rings. The predicted octanol–water partition coefficient (Wildman–Crippen LogP) is 4.07. The monoisotopic (exact) mass is 423 g/mol. The molecule has 1 amide bonds. The van der Waals surface area contributed by atoms with Crippen molar-refractivity contribution >= 4 is 29.1 Å². The summed E-state index contributed by atoms with van der Waals surface area (Å²) in [6.45, 7) is 6.22. The number of carbonyl (C=O) groups excluding carboxylic acids is 1. The number of rotatable bonds is 8. The molecule has 0 radical (unpaired) electrons. The van der Waals surface area contributed by atoms with Gasteiger partial charge in [-0.1, -0.05) is 42.1 Å². The largest absolute Gasteiger partial charge is 0.493 e. The van der Waals surface area contributed by atoms with Gasteiger partial charge >= 0.3 is 0 Å². The third kappa shape index (κ3) is 4.91. The quantitative estimate of drug-likeness (QED) is 0.365. The van der Waals surface area contributed by atoms with Gasteiger partial charge in [-0.2, -0.15) is 5.10 Å². The Balaban J connectivity index is 1.78. The van der Waals surface area contributed by atoms with E-state index in [2.05, 4.69) is 35.8 Å². The number of amidine groups is 1. The van der Waals surface area contributed by atoms with Crippen LogP contribution in [0.25, 0.3) is 0 Å². The van der Waals surface area contributed by atoms with Gasteiger partial charge in [0.1, 0.15) is 0 Å². The molecule has 3 rings (SSSR count). The summed E-state index contributed by atoms with van der Waals surface area (Å²) in [7, 11) is 3.18. The van der Waals surface area contributed by atoms with Crippen molar-refractivity contribution in [1.29, 1.82) is 0 Å². The van der Waals surface area contributed by atoms with Crippen molar-refractivity contribution in [3.8, 4) is 11.5 Å². The minimum absolute atomic E-state index is 0.0308. The molecule has 0 aromatic heterocycles. The lowest BCUT2D eigenvalue weighted by Crippen LogP contribution is -2.32. The smallest absolute Gasteiger partial charge is 0.242 e. The Morgan fingerprint density at radius 3 is 2.63 bits per heavy atom. The SMILES string of the molecule is C=CCN1C(=O)[C@H](Cc2ccccc2C)S/C1=N\N=C/c1ccc(OC)c(OC)c1. The van der Waals surface area contributed by atoms with Gasteiger partial charge in [-0.15, -0.1) is 11.7 Å². The van der Waals surface area contributed by atoms with Crippen molar-refractivity contribution < 1.29 is 14.3 Å². The number of hydrogen-bond donors (Lipinski definition) is 0. The van der Waals surface area contributed by atoms with Crippen LogP contribution in [0.5, 0.6) is 11.5 Å². The van der Waals surface area contributed by atoms with Gasteiger partial charge in [-0.3, -0.25) is 9.69 Å². The standard InChI is InChI=1S/C23H25N3O3S/c1-5-12-26-22(27)21(14-18-9-7-6-8-16(18)2)30-23(26)25-24-15-17-10-11-19(28-3)20(13-17)29-4/h5-11,13,15,21H,1,12,14H2,2-4H3/b24-15-,25-23-/t21-/m0/s1. The molecule has 2 aromatic rings. The summed E-state index contributed by atoms with van der Waals surface area (Å²) in [6.07, 6.45) is 3.98. The van der Waals surface area contributed by atoms with E-state index in [4.69, 9.17) is 9.47 Å². The third-order valence-corrected chi connectivity index (χ3v) is 5.92. The highest BCUT2D eigenvalue weighted by Gasteiger charge is 2.37. The van der Waals surface area contributed by atoms with Gasteiger partial charge in [-0.05, 0) is 48.2 Å². The Kier molecular flexibility index (Phi) is 7.30. The van der Waals surface area contributed by atoms with Crippen LogP contribution in [0.3, 0.4) is 0 Å². The maximum Gasteiger partial charge on any atom is 0.242 e. The first-order valence-electron chi connectivity index (χ1n) is 9.53. The second-order valence-corrected chi connectivity index (χ2v) is 7.89. The summed E-state index contributed by atoms with van der Waals surface area (Å²) in [4.78, 5) is 14.5. The first kappa shape index (κ1) is 21.6. The van der Waals surface area contributed by atoms with Gasteiger partial charge in [0, 0.05) is 6.54 Å². The molecule has 1 saturated heterocycles. The molecular weight excluding hydrogens is 398 g/mol. The summed E-state index contributed by atoms with van der Waals surface area (Å²) in [5.74, 6) is 1.29. The predicted molar refractivity (Wildman–Crippen MR) is 123 cm³/mol. The van der Waals surface area contributed by atoms with Crippen molar-refractivity contribution in [1.82, 2.24) is 4.90 Å². The van der Waals surface area contributed by atoms with Crippen molar-refractivity contribution in [2.45, 2.75) is 18.6 Å². The third-order valence-electron chi connectivity index (χ3n) is 4.76. The van der Waals surface area contributed by atoms with E-state index in [0.29, 0.717) is 29.6 Å². The Bertz CT molecular complexity index is 987. The molecule has 0 aliphatic carbocycles. The fraction of sp³-hybridized carbons (Fsp3) is 0.261. The first-order chi connectivity index (χ1) is 14.6. The van der Waals surface area contributed by atoms with Crippen molar-refractivity contribution in [3.05, 3.63) is 71.8 Å². The maximum atomic E-state index is 12.9. The van der Waals surface area contributed by atoms with Crippen LogP contribution in [-0.2, 0) is 11.2 Å². The van der Waals surface area contributed by atoms with E-state index in [1.807, 2.05) is 30.3 Å². The van der Waals surface area contributed by atoms with Crippen molar-refractivity contribution in [2.24, 2.45) is 10.2 Å². The normalized spacial score (nSPS) is 17.7. The second-order valence-electron chi connectivity index (χ2n) is 6.72. The molecular formula is C23H25N3O3S. The summed E-state index contributed by atoms with van der Waals surface area (Å²) >= 11 is 1.44. The lowest BCUT2D eigenvalue weighted by Gasteiger charge is -2.13. The average molecular weight is 424 g/mol. The van der Waals surface area contributed by atoms with Crippen LogP contribution < -0.4 is 9.47 Å². The molecule has 0 saturated carbocycles. The van der Waals surface area contributed by atoms with Crippen LogP contribution >= 0.6 is 11.8 Å². The molecule has 1 aliphatic heterocycles. The number of hydrogen-bond acceptors (Lipinski definition) is 6. The zero-order chi connectivity index (χ0) is 21.5. The molecule has 7 heteroatoms. The van der Waals surface area contributed by atoms with E-state index in [-0.39, 0.29) is 11.2 Å². The highest BCUT2D eigenvalue weighted by atomic mass is 32.2. The van der Waals surface area contributed by atoms with E-state index in [0.717, 1.165) is 11.1 Å². The Morgan fingerprint density at radius 1 is 1.17 bits per heavy atom. The molecule has 1 heterocycles. The maximum absolute atomic E-state index is 12.9. The van der Waals surface area contributed by atoms with E-state index in [1.165, 1.54) is 17.3 Å². The fourth-order valence-electron chi connectivity index (χ4n) is 3.13. The zero-order valence-corrected chi connectivity index (χ0v) is 18.2. The molecule has 2 aromatic carbocycles. The van der Waals surface area contributed by atoms with Gasteiger partial charge in [0.05, 0.1) is 25.7 Å². The van der Waals surface area contributed by atoms with E-state index >= 15 is 0 Å². The summed E-state index contributed by atoms with van der Waals surface area (Å²) in [6, 6.07) is 13.6. The Labute approximate surface area is 181 Å². The van der Waals surface area contributed by atoms with Gasteiger partial charge < -0.3 is 9.47 Å². The van der Waals surface area contributed by atoms with Crippen LogP contribution in [0, 0.1) is 6.92 Å². The first-order valence-corrected chi connectivity index (χ1v) is 10.4. The number of carbonyl (C=O) groups is 1. The summed E-state index contributed by atoms with van der Waals surface area (Å²) in [5, 5.41) is 8.87. The molecule has 1 fully saturated rings. The van der Waals surface area contributed by atoms with Crippen LogP contribution in [0.1, 0.15) is 16.7 Å². The second kappa shape index (κ2) is 10.1. The van der Waals surface area contributed by atoms with Crippen LogP contribution in [-0.4, -0.2) is 48.2 Å². The minimum atomic E-state index is -0.221. The van der Waals surface area contributed by atoms with Crippen LogP contribution in [0.2, 0.25) is 0 Å². The zero-order valence-electron chi connectivity index (χ0n) is 17.4. The number of benzene rings is 2. The lowest BCUT2D eigenvalue weighted by atomic mass is 10.0. The number of ether oxygens (including phenoxy) is 2. The van der Waals surface area contributed by atoms with Gasteiger partial charge in [0.15, 0.2) is 16.7 Å². The van der Waals surface area contributed by atoms with E-state index < -0.39 is 0 Å². The van der Waals surface area contributed by atoms with Crippen molar-refractivity contribution in [2.75, 3.05) is 20.8 Å². The molecule has 0 spiro atoms. The molecule has 6 nitrogen and oxygen atoms in total. The van der Waals surface area contributed by atoms with Gasteiger partial charge in [0.2, 0.25) is 5.91 Å². The fourth-order valence-corrected chi connectivity index (χ4v) is 4.26. The Hall–Kier alpha value is -3.06. The molecule has 0 bridgehead atoms. The summed E-state index contributed by atoms with van der Waals surface area (Å²) < 4.78 is 10.6. The molecule has 0 unspecified atom stereocenters. The van der Waals surface area contributed by atoms with Gasteiger partial charge in [0.25, 0.3) is 0 Å². The minimum Gasteiger partial charge on any atom is -0.493 e. The molecule has 1 atom stereocenters. The number of nitrogens with zero attached hydrogens (tertiary/aromatic N) is 3. The Morgan fingerprint density at radius 2 is 1.93 bits per heavy atom. The van der Waals surface area contributed by atoms with E-state index in [1.54, 1.807) is 31.4 Å². The highest BCUT2D eigenvalue weighted by molar-refractivity contribution is 8.15. The van der Waals surface area contributed by atoms with Crippen molar-refractivity contribution in [3.63, 3.8) is 0 Å². The van der Waals surface area contributed by atoms with Crippen LogP contribution in [0.15, 0.2) is 65.3 Å². The summed E-state index contributed by atoms with van der Waals surface area (Å²) in [5.41, 5.74) is 3.16. The lowest BCUT2D eigenvalue weighted by molar-refractivity contribution is -0.125. The highest BCUT2D eigenvalue weighted by Crippen LogP contribution is 2.31. The van der Waals surface area contributed by atoms with Crippen LogP contribution in [0.4, 0.5) is 0 Å². The number of thioether (sulfide) groups is 1. The van der Waals surface area contributed by atoms with Gasteiger partial charge in [-0.25, -0.2) is 0 Å². The number of amides is 1. The number of aryl methyl sites for hydroxylation is 1. The van der Waals surface area contributed by atoms with E-state index in [9.17, 15) is 4.79 Å². The topological polar surface area (TPSA) is 63.5 Å². The average Bonchev–Trinajstić information content (AvgIpc) is 3.04. The molecule has 30 heavy (non-hydrogen) atoms. The number of methoxy groups -OCH3 is 2. The molecule has 156 valence electrons. The molecule has 0 N–H and O–H groups in total.